The van der Waals surface area contributed by atoms with Gasteiger partial charge in [0.1, 0.15) is 11.9 Å². The van der Waals surface area contributed by atoms with Crippen molar-refractivity contribution < 1.29 is 4.21 Å². The second kappa shape index (κ2) is 7.21. The molecule has 9 nitrogen and oxygen atoms in total. The Morgan fingerprint density at radius 3 is 2.58 bits per heavy atom. The molecule has 0 amide bonds. The minimum absolute atomic E-state index is 0.363. The van der Waals surface area contributed by atoms with E-state index in [1.807, 2.05) is 42.2 Å². The summed E-state index contributed by atoms with van der Waals surface area (Å²) in [5, 5.41) is 13.8. The van der Waals surface area contributed by atoms with E-state index in [4.69, 9.17) is 9.76 Å². The van der Waals surface area contributed by atoms with Crippen LogP contribution in [0.2, 0.25) is 0 Å². The smallest absolute Gasteiger partial charge is 0.128 e. The minimum Gasteiger partial charge on any atom is -0.355 e. The van der Waals surface area contributed by atoms with E-state index in [1.165, 1.54) is 0 Å². The first-order valence-corrected chi connectivity index (χ1v) is 11.7. The van der Waals surface area contributed by atoms with Crippen molar-refractivity contribution in [3.63, 3.8) is 0 Å². The summed E-state index contributed by atoms with van der Waals surface area (Å²) >= 11 is 0. The number of nitrogens with one attached hydrogen (secondary N) is 1. The molecule has 0 spiro atoms. The number of pyridine rings is 1. The first kappa shape index (κ1) is 19.3. The first-order valence-electron chi connectivity index (χ1n) is 9.80. The van der Waals surface area contributed by atoms with Gasteiger partial charge in [-0.15, -0.1) is 0 Å². The van der Waals surface area contributed by atoms with Gasteiger partial charge < -0.3 is 9.30 Å². The largest absolute Gasteiger partial charge is 0.355 e. The molecule has 156 valence electrons. The summed E-state index contributed by atoms with van der Waals surface area (Å²) in [6.45, 7) is 1.12. The van der Waals surface area contributed by atoms with E-state index in [0.717, 1.165) is 28.2 Å². The zero-order valence-electron chi connectivity index (χ0n) is 16.9. The Morgan fingerprint density at radius 2 is 1.94 bits per heavy atom. The van der Waals surface area contributed by atoms with E-state index >= 15 is 0 Å². The molecule has 0 atom stereocenters. The summed E-state index contributed by atoms with van der Waals surface area (Å²) in [5.74, 6) is 1.51. The van der Waals surface area contributed by atoms with Crippen molar-refractivity contribution in [2.45, 2.75) is 0 Å². The summed E-state index contributed by atoms with van der Waals surface area (Å²) in [6.07, 6.45) is 9.16. The fourth-order valence-electron chi connectivity index (χ4n) is 3.79. The molecule has 1 aliphatic heterocycles. The zero-order chi connectivity index (χ0) is 21.6. The second-order valence-corrected chi connectivity index (χ2v) is 10.0. The van der Waals surface area contributed by atoms with Crippen LogP contribution in [0.3, 0.4) is 0 Å². The molecule has 0 saturated carbocycles. The van der Waals surface area contributed by atoms with Crippen molar-refractivity contribution in [2.75, 3.05) is 29.5 Å². The van der Waals surface area contributed by atoms with Crippen LogP contribution in [0.5, 0.6) is 0 Å². The highest BCUT2D eigenvalue weighted by Gasteiger charge is 2.20. The van der Waals surface area contributed by atoms with Crippen LogP contribution in [-0.2, 0) is 16.8 Å². The normalized spacial score (nSPS) is 15.8. The summed E-state index contributed by atoms with van der Waals surface area (Å²) in [5.41, 5.74) is 4.39. The van der Waals surface area contributed by atoms with E-state index in [2.05, 4.69) is 21.1 Å². The minimum atomic E-state index is -2.45. The monoisotopic (exact) mass is 432 g/mol. The molecule has 1 saturated heterocycles. The van der Waals surface area contributed by atoms with Crippen LogP contribution < -0.4 is 4.90 Å². The van der Waals surface area contributed by atoms with Gasteiger partial charge in [0.15, 0.2) is 0 Å². The third kappa shape index (κ3) is 3.53. The average molecular weight is 433 g/mol. The van der Waals surface area contributed by atoms with E-state index in [-0.39, 0.29) is 0 Å². The molecule has 31 heavy (non-hydrogen) atoms. The van der Waals surface area contributed by atoms with Crippen molar-refractivity contribution in [1.82, 2.24) is 24.1 Å². The molecule has 0 unspecified atom stereocenters. The molecule has 4 aromatic heterocycles. The highest BCUT2D eigenvalue weighted by Crippen LogP contribution is 2.30. The average Bonchev–Trinajstić information content (AvgIpc) is 3.39. The lowest BCUT2D eigenvalue weighted by Crippen LogP contribution is -2.40. The van der Waals surface area contributed by atoms with Gasteiger partial charge in [0.05, 0.1) is 28.7 Å². The molecule has 10 heteroatoms. The predicted molar refractivity (Wildman–Crippen MR) is 118 cm³/mol. The maximum Gasteiger partial charge on any atom is 0.128 e. The molecule has 5 rings (SSSR count). The van der Waals surface area contributed by atoms with Gasteiger partial charge in [0, 0.05) is 77.3 Å². The fraction of sp³-hybridized carbons (Fsp3) is 0.238. The molecule has 0 aliphatic carbocycles. The molecule has 0 bridgehead atoms. The van der Waals surface area contributed by atoms with Crippen molar-refractivity contribution in [3.05, 3.63) is 54.7 Å². The number of nitriles is 1. The third-order valence-electron chi connectivity index (χ3n) is 5.48. The summed E-state index contributed by atoms with van der Waals surface area (Å²) in [4.78, 5) is 11.5. The number of nitrogens with zero attached hydrogens (tertiary/aromatic N) is 7. The maximum absolute atomic E-state index is 11.9. The van der Waals surface area contributed by atoms with Gasteiger partial charge in [0.2, 0.25) is 0 Å². The quantitative estimate of drug-likeness (QED) is 0.532. The molecule has 1 aliphatic rings. The number of rotatable bonds is 3. The third-order valence-corrected chi connectivity index (χ3v) is 7.17. The lowest BCUT2D eigenvalue weighted by Gasteiger charge is -2.29. The molecule has 4 aromatic rings. The van der Waals surface area contributed by atoms with Gasteiger partial charge in [-0.2, -0.15) is 10.4 Å². The molecule has 1 fully saturated rings. The lowest BCUT2D eigenvalue weighted by molar-refractivity contribution is 0.663. The maximum atomic E-state index is 11.9. The van der Waals surface area contributed by atoms with E-state index in [1.54, 1.807) is 23.1 Å². The second-order valence-electron chi connectivity index (χ2n) is 7.59. The van der Waals surface area contributed by atoms with Gasteiger partial charge in [-0.25, -0.2) is 14.2 Å². The Balaban J connectivity index is 1.57. The lowest BCUT2D eigenvalue weighted by atomic mass is 10.1. The van der Waals surface area contributed by atoms with Gasteiger partial charge in [-0.1, -0.05) is 0 Å². The Hall–Kier alpha value is -3.71. The van der Waals surface area contributed by atoms with Crippen LogP contribution >= 0.6 is 0 Å². The summed E-state index contributed by atoms with van der Waals surface area (Å²) in [6, 6.07) is 7.88. The number of hydrogen-bond acceptors (Lipinski definition) is 7. The van der Waals surface area contributed by atoms with Crippen LogP contribution in [0, 0.1) is 16.1 Å². The summed E-state index contributed by atoms with van der Waals surface area (Å²) < 4.78 is 23.3. The van der Waals surface area contributed by atoms with E-state index < -0.39 is 9.73 Å². The standard InChI is InChI=1S/C21H20N8OS/c1-27-13-17(12-25-27)18-14-29-5-4-15(10-22)21(29)20(26-18)16-2-3-19(24-11-16)28-6-8-31(23,30)9-7-28/h2-5,11-14,23H,6-9H2,1H3. The summed E-state index contributed by atoms with van der Waals surface area (Å²) in [7, 11) is -0.594. The number of anilines is 1. The Bertz CT molecular complexity index is 1410. The number of aromatic nitrogens is 5. The topological polar surface area (TPSA) is 116 Å². The fourth-order valence-corrected chi connectivity index (χ4v) is 5.03. The number of fused-ring (bicyclic) bond motifs is 1. The molecular weight excluding hydrogens is 412 g/mol. The predicted octanol–water partition coefficient (Wildman–Crippen LogP) is 2.54. The van der Waals surface area contributed by atoms with E-state index in [0.29, 0.717) is 35.9 Å². The van der Waals surface area contributed by atoms with Crippen molar-refractivity contribution in [2.24, 2.45) is 7.05 Å². The van der Waals surface area contributed by atoms with Crippen LogP contribution in [0.15, 0.2) is 49.2 Å². The number of hydrogen-bond donors (Lipinski definition) is 1. The highest BCUT2D eigenvalue weighted by atomic mass is 32.2. The highest BCUT2D eigenvalue weighted by molar-refractivity contribution is 7.92. The number of aryl methyl sites for hydroxylation is 1. The van der Waals surface area contributed by atoms with Gasteiger partial charge >= 0.3 is 0 Å². The van der Waals surface area contributed by atoms with Gasteiger partial charge in [0.25, 0.3) is 0 Å². The van der Waals surface area contributed by atoms with Crippen molar-refractivity contribution >= 4 is 21.1 Å². The molecule has 0 aromatic carbocycles. The van der Waals surface area contributed by atoms with Crippen LogP contribution in [0.1, 0.15) is 5.56 Å². The SMILES string of the molecule is Cn1cc(-c2cn3ccc(C#N)c3c(-c3ccc(N4CCS(=N)(=O)CC4)nc3)n2)cn1. The first-order chi connectivity index (χ1) is 14.9. The molecular formula is C21H20N8OS. The Kier molecular flexibility index (Phi) is 4.48. The van der Waals surface area contributed by atoms with Crippen molar-refractivity contribution in [3.8, 4) is 28.6 Å². The van der Waals surface area contributed by atoms with Gasteiger partial charge in [-0.3, -0.25) is 9.46 Å². The van der Waals surface area contributed by atoms with Crippen LogP contribution in [0.25, 0.3) is 28.0 Å². The van der Waals surface area contributed by atoms with Crippen molar-refractivity contribution in [1.29, 1.82) is 10.0 Å². The zero-order valence-corrected chi connectivity index (χ0v) is 17.7. The molecule has 1 N–H and O–H groups in total. The van der Waals surface area contributed by atoms with Crippen LogP contribution in [0.4, 0.5) is 5.82 Å². The molecule has 0 radical (unpaired) electrons. The van der Waals surface area contributed by atoms with E-state index in [9.17, 15) is 9.47 Å². The Labute approximate surface area is 179 Å². The van der Waals surface area contributed by atoms with Crippen LogP contribution in [-0.4, -0.2) is 53.0 Å². The molecule has 5 heterocycles. The Morgan fingerprint density at radius 1 is 1.13 bits per heavy atom. The van der Waals surface area contributed by atoms with Gasteiger partial charge in [-0.05, 0) is 18.2 Å².